The van der Waals surface area contributed by atoms with E-state index in [0.29, 0.717) is 38.0 Å². The summed E-state index contributed by atoms with van der Waals surface area (Å²) in [5.74, 6) is 1.05. The summed E-state index contributed by atoms with van der Waals surface area (Å²) in [6.07, 6.45) is 27.8. The van der Waals surface area contributed by atoms with Gasteiger partial charge in [-0.15, -0.1) is 0 Å². The van der Waals surface area contributed by atoms with E-state index in [2.05, 4.69) is 149 Å². The first-order valence-electron chi connectivity index (χ1n) is 31.8. The smallest absolute Gasteiger partial charge is 0.306 e. The Kier molecular flexibility index (Phi) is 16.7. The minimum atomic E-state index is -1.17. The van der Waals surface area contributed by atoms with Crippen LogP contribution in [0.1, 0.15) is 167 Å². The van der Waals surface area contributed by atoms with Gasteiger partial charge in [-0.1, -0.05) is 91.0 Å². The van der Waals surface area contributed by atoms with E-state index < -0.39 is 17.7 Å². The zero-order valence-corrected chi connectivity index (χ0v) is 50.3. The molecule has 3 aromatic carbocycles. The number of aromatic amines is 1. The van der Waals surface area contributed by atoms with E-state index in [1.807, 2.05) is 68.2 Å². The highest BCUT2D eigenvalue weighted by Gasteiger charge is 2.47. The molecule has 3 fully saturated rings. The number of carboxylic acid groups (broad SMARTS) is 1. The minimum Gasteiger partial charge on any atom is -0.481 e. The number of nitrogens with one attached hydrogen (secondary N) is 1. The number of hydrogen-bond acceptors (Lipinski definition) is 10. The second-order valence-corrected chi connectivity index (χ2v) is 25.7. The maximum absolute atomic E-state index is 13.4. The van der Waals surface area contributed by atoms with Gasteiger partial charge in [0.05, 0.1) is 109 Å². The molecule has 15 heteroatoms. The van der Waals surface area contributed by atoms with Gasteiger partial charge in [0, 0.05) is 25.7 Å². The summed E-state index contributed by atoms with van der Waals surface area (Å²) in [4.78, 5) is 39.4. The number of fused-ring (bicyclic) bond motifs is 3. The maximum atomic E-state index is 13.4. The molecule has 6 atom stereocenters. The Hall–Kier alpha value is -7.98. The van der Waals surface area contributed by atoms with E-state index in [4.69, 9.17) is 4.98 Å². The van der Waals surface area contributed by atoms with Crippen molar-refractivity contribution in [2.75, 3.05) is 18.0 Å². The van der Waals surface area contributed by atoms with E-state index in [1.54, 1.807) is 6.33 Å². The number of pyridine rings is 1. The Morgan fingerprint density at radius 2 is 1.05 bits per heavy atom. The maximum Gasteiger partial charge on any atom is 0.306 e. The molecule has 0 spiro atoms. The highest BCUT2D eigenvalue weighted by atomic mass is 16.4. The lowest BCUT2D eigenvalue weighted by Crippen LogP contribution is -2.45. The first-order valence-corrected chi connectivity index (χ1v) is 31.8. The van der Waals surface area contributed by atoms with Crippen molar-refractivity contribution in [3.05, 3.63) is 204 Å². The lowest BCUT2D eigenvalue weighted by Gasteiger charge is -2.43. The molecular formula is C72H82N10O5. The van der Waals surface area contributed by atoms with Crippen LogP contribution in [0.5, 0.6) is 0 Å². The van der Waals surface area contributed by atoms with Crippen LogP contribution in [0.25, 0.3) is 33.4 Å². The number of nitrogens with zero attached hydrogens (tertiary/aromatic N) is 9. The molecule has 14 rings (SSSR count). The van der Waals surface area contributed by atoms with Gasteiger partial charge in [-0.3, -0.25) is 9.78 Å². The van der Waals surface area contributed by atoms with Crippen molar-refractivity contribution >= 4 is 45.2 Å². The SMILES string of the molecule is CC1=C(c2ccccc2)C(CC(O)C2CCC(C(=O)O)CC2)n2cncc21.CC1=C(c2ccccc2)C(CC(O)C2CCC(Cc3ccnc(C(O)(CC4C(c5ccccc5)=C(C)c5cncn54)C4CCN(c5cnc[nH]5)CC4)c3)CC2)n2cncc21. The Morgan fingerprint density at radius 1 is 0.586 bits per heavy atom. The number of allylic oxidation sites excluding steroid dienone is 6. The van der Waals surface area contributed by atoms with Gasteiger partial charge in [-0.25, -0.2) is 19.9 Å². The fourth-order valence-electron chi connectivity index (χ4n) is 16.2. The molecule has 8 aromatic rings. The van der Waals surface area contributed by atoms with Crippen molar-refractivity contribution in [1.82, 2.24) is 43.6 Å². The number of carboxylic acids is 1. The Bertz CT molecular complexity index is 3750. The molecule has 4 aliphatic heterocycles. The molecule has 15 nitrogen and oxygen atoms in total. The number of anilines is 1. The van der Waals surface area contributed by atoms with Crippen molar-refractivity contribution in [2.45, 2.75) is 147 Å². The van der Waals surface area contributed by atoms with Gasteiger partial charge in [0.2, 0.25) is 0 Å². The number of piperidine rings is 1. The quantitative estimate of drug-likeness (QED) is 0.0582. The molecule has 5 N–H and O–H groups in total. The highest BCUT2D eigenvalue weighted by Crippen LogP contribution is 2.52. The fraction of sp³-hybridized carbons (Fsp3) is 0.417. The van der Waals surface area contributed by atoms with Crippen LogP contribution < -0.4 is 4.90 Å². The number of H-pyrrole nitrogens is 1. The molecule has 5 aromatic heterocycles. The number of aliphatic hydroxyl groups is 3. The van der Waals surface area contributed by atoms with Crippen molar-refractivity contribution in [3.8, 4) is 0 Å². The summed E-state index contributed by atoms with van der Waals surface area (Å²) < 4.78 is 6.70. The number of benzene rings is 3. The third-order valence-corrected chi connectivity index (χ3v) is 20.9. The average Bonchev–Trinajstić information content (AvgIpc) is 1.81. The van der Waals surface area contributed by atoms with Crippen molar-refractivity contribution < 1.29 is 25.2 Å². The molecule has 2 saturated carbocycles. The summed E-state index contributed by atoms with van der Waals surface area (Å²) in [6, 6.07) is 36.0. The largest absolute Gasteiger partial charge is 0.481 e. The summed E-state index contributed by atoms with van der Waals surface area (Å²) >= 11 is 0. The van der Waals surface area contributed by atoms with Crippen LogP contribution in [0.15, 0.2) is 159 Å². The number of aliphatic hydroxyl groups excluding tert-OH is 2. The van der Waals surface area contributed by atoms with Crippen LogP contribution in [0, 0.1) is 29.6 Å². The lowest BCUT2D eigenvalue weighted by molar-refractivity contribution is -0.143. The van der Waals surface area contributed by atoms with E-state index in [0.717, 1.165) is 99.5 Å². The first-order chi connectivity index (χ1) is 42.4. The number of rotatable bonds is 17. The lowest BCUT2D eigenvalue weighted by atomic mass is 9.72. The van der Waals surface area contributed by atoms with E-state index in [-0.39, 0.29) is 47.9 Å². The monoisotopic (exact) mass is 1170 g/mol. The summed E-state index contributed by atoms with van der Waals surface area (Å²) in [5.41, 5.74) is 15.3. The molecule has 87 heavy (non-hydrogen) atoms. The number of aliphatic carboxylic acids is 1. The second-order valence-electron chi connectivity index (χ2n) is 25.7. The molecule has 0 bridgehead atoms. The predicted molar refractivity (Wildman–Crippen MR) is 340 cm³/mol. The third-order valence-electron chi connectivity index (χ3n) is 20.9. The van der Waals surface area contributed by atoms with Crippen LogP contribution in [-0.2, 0) is 16.8 Å². The Morgan fingerprint density at radius 3 is 1.51 bits per heavy atom. The van der Waals surface area contributed by atoms with Crippen LogP contribution >= 0.6 is 0 Å². The van der Waals surface area contributed by atoms with E-state index in [1.165, 1.54) is 55.7 Å². The van der Waals surface area contributed by atoms with Gasteiger partial charge in [0.1, 0.15) is 11.4 Å². The van der Waals surface area contributed by atoms with Gasteiger partial charge in [-0.05, 0) is 196 Å². The average molecular weight is 1170 g/mol. The number of aromatic nitrogens is 9. The van der Waals surface area contributed by atoms with Crippen LogP contribution in [0.4, 0.5) is 5.82 Å². The summed E-state index contributed by atoms with van der Waals surface area (Å²) in [5, 5.41) is 45.4. The molecular weight excluding hydrogens is 1080 g/mol. The molecule has 1 saturated heterocycles. The van der Waals surface area contributed by atoms with Gasteiger partial charge < -0.3 is 44.0 Å². The third kappa shape index (κ3) is 11.5. The number of hydrogen-bond donors (Lipinski definition) is 5. The van der Waals surface area contributed by atoms with Crippen LogP contribution in [0.3, 0.4) is 0 Å². The standard InChI is InChI=1S/C50H56N8O2.C22H26N2O3/c1-33-43-27-52-31-57(43)41(48(33)38-9-5-3-6-10-38)25-45(59)37-15-13-35(14-16-37)23-36-17-20-54-46(24-36)50(60,40-18-21-56(22-19-40)47-29-51-30-55-47)26-42-49(39-11-7-4-8-12-39)34(2)44-28-53-32-58(42)44;1-14-19-12-23-13-24(19)18(21(14)16-5-3-2-4-6-16)11-20(25)15-7-9-17(10-8-15)22(26)27/h3-12,17,20,24,27-32,35,37,40-42,45,59-60H,13-16,18-19,21-23,25-26H2,1-2H3,(H,51,55);2-6,12-13,15,17-18,20,25H,7-11H2,1H3,(H,26,27). The van der Waals surface area contributed by atoms with E-state index in [9.17, 15) is 25.2 Å². The molecule has 0 amide bonds. The number of imidazole rings is 4. The van der Waals surface area contributed by atoms with Gasteiger partial charge in [-0.2, -0.15) is 0 Å². The zero-order chi connectivity index (χ0) is 59.8. The van der Waals surface area contributed by atoms with E-state index >= 15 is 0 Å². The molecule has 6 unspecified atom stereocenters. The summed E-state index contributed by atoms with van der Waals surface area (Å²) in [7, 11) is 0. The highest BCUT2D eigenvalue weighted by molar-refractivity contribution is 5.95. The zero-order valence-electron chi connectivity index (χ0n) is 50.3. The van der Waals surface area contributed by atoms with Crippen molar-refractivity contribution in [1.29, 1.82) is 0 Å². The normalized spacial score (nSPS) is 24.3. The second kappa shape index (κ2) is 25.0. The van der Waals surface area contributed by atoms with Gasteiger partial charge in [0.25, 0.3) is 0 Å². The van der Waals surface area contributed by atoms with Gasteiger partial charge in [0.15, 0.2) is 0 Å². The Labute approximate surface area is 510 Å². The molecule has 0 radical (unpaired) electrons. The molecule has 450 valence electrons. The molecule has 2 aliphatic carbocycles. The Balaban J connectivity index is 0.000000216. The summed E-state index contributed by atoms with van der Waals surface area (Å²) in [6.45, 7) is 8.17. The van der Waals surface area contributed by atoms with Crippen molar-refractivity contribution in [2.24, 2.45) is 29.6 Å². The van der Waals surface area contributed by atoms with Crippen LogP contribution in [0.2, 0.25) is 0 Å². The first kappa shape index (κ1) is 58.1. The topological polar surface area (TPSA) is 196 Å². The van der Waals surface area contributed by atoms with Gasteiger partial charge >= 0.3 is 5.97 Å². The predicted octanol–water partition coefficient (Wildman–Crippen LogP) is 13.2. The molecule has 9 heterocycles. The molecule has 6 aliphatic rings. The van der Waals surface area contributed by atoms with Crippen LogP contribution in [-0.4, -0.2) is 95.3 Å². The van der Waals surface area contributed by atoms with Crippen molar-refractivity contribution in [3.63, 3.8) is 0 Å². The fourth-order valence-corrected chi connectivity index (χ4v) is 16.2. The minimum absolute atomic E-state index is 0.0144. The number of carbonyl (C=O) groups is 1.